The molecular formula is C84H55B2N5OS. The minimum absolute atomic E-state index is 0.121. The topological polar surface area (TPSA) is 27.1 Å². The van der Waals surface area contributed by atoms with Crippen molar-refractivity contribution in [3.8, 4) is 28.3 Å². The van der Waals surface area contributed by atoms with Crippen molar-refractivity contribution in [2.45, 2.75) is 9.79 Å². The average molecular weight is 1200 g/mol. The molecule has 0 fully saturated rings. The molecule has 9 heteroatoms. The summed E-state index contributed by atoms with van der Waals surface area (Å²) in [5.74, 6) is 1.69. The van der Waals surface area contributed by atoms with E-state index in [0.29, 0.717) is 0 Å². The molecule has 14 aromatic carbocycles. The van der Waals surface area contributed by atoms with E-state index in [9.17, 15) is 0 Å². The Morgan fingerprint density at radius 3 is 1.46 bits per heavy atom. The third kappa shape index (κ3) is 8.40. The molecule has 6 nitrogen and oxygen atoms in total. The molecule has 4 aliphatic heterocycles. The Hall–Kier alpha value is -11.6. The van der Waals surface area contributed by atoms with E-state index >= 15 is 0 Å². The third-order valence-electron chi connectivity index (χ3n) is 19.2. The van der Waals surface area contributed by atoms with Gasteiger partial charge in [0.2, 0.25) is 0 Å². The van der Waals surface area contributed by atoms with E-state index < -0.39 is 0 Å². The molecule has 0 amide bonds. The summed E-state index contributed by atoms with van der Waals surface area (Å²) < 4.78 is 10.2. The first kappa shape index (κ1) is 53.2. The lowest BCUT2D eigenvalue weighted by Gasteiger charge is -2.46. The predicted molar refractivity (Wildman–Crippen MR) is 391 cm³/mol. The molecule has 19 rings (SSSR count). The summed E-state index contributed by atoms with van der Waals surface area (Å²) in [5.41, 5.74) is 25.8. The van der Waals surface area contributed by atoms with Gasteiger partial charge in [-0.15, -0.1) is 0 Å². The first-order chi connectivity index (χ1) is 46.2. The normalized spacial score (nSPS) is 12.9. The van der Waals surface area contributed by atoms with Crippen LogP contribution in [0.15, 0.2) is 343 Å². The number of ether oxygens (including phenoxy) is 1. The van der Waals surface area contributed by atoms with Crippen LogP contribution in [-0.2, 0) is 0 Å². The van der Waals surface area contributed by atoms with Gasteiger partial charge in [0.05, 0.1) is 28.1 Å². The fourth-order valence-electron chi connectivity index (χ4n) is 15.4. The number of anilines is 12. The van der Waals surface area contributed by atoms with E-state index in [2.05, 4.69) is 358 Å². The fraction of sp³-hybridized carbons (Fsp3) is 0. The molecule has 0 atom stereocenters. The molecule has 0 aliphatic carbocycles. The Bertz CT molecular complexity index is 5360. The summed E-state index contributed by atoms with van der Waals surface area (Å²) in [6, 6.07) is 122. The number of fused-ring (bicyclic) bond motifs is 11. The van der Waals surface area contributed by atoms with Crippen LogP contribution in [0.1, 0.15) is 0 Å². The molecule has 434 valence electrons. The first-order valence-electron chi connectivity index (χ1n) is 31.9. The second-order valence-corrected chi connectivity index (χ2v) is 25.4. The minimum Gasteiger partial charge on any atom is -0.458 e. The van der Waals surface area contributed by atoms with Crippen molar-refractivity contribution < 1.29 is 4.74 Å². The fourth-order valence-corrected chi connectivity index (χ4v) is 16.6. The van der Waals surface area contributed by atoms with Crippen molar-refractivity contribution in [2.24, 2.45) is 0 Å². The van der Waals surface area contributed by atoms with Crippen molar-refractivity contribution in [1.29, 1.82) is 0 Å². The lowest BCUT2D eigenvalue weighted by molar-refractivity contribution is 0.486. The van der Waals surface area contributed by atoms with Crippen molar-refractivity contribution >= 4 is 148 Å². The highest BCUT2D eigenvalue weighted by atomic mass is 32.2. The van der Waals surface area contributed by atoms with E-state index in [-0.39, 0.29) is 13.4 Å². The molecular weight excluding hydrogens is 1150 g/mol. The van der Waals surface area contributed by atoms with Gasteiger partial charge in [0.1, 0.15) is 11.5 Å². The summed E-state index contributed by atoms with van der Waals surface area (Å²) >= 11 is 1.84. The van der Waals surface area contributed by atoms with Gasteiger partial charge in [-0.05, 0) is 143 Å². The van der Waals surface area contributed by atoms with Gasteiger partial charge in [0.25, 0.3) is 13.4 Å². The van der Waals surface area contributed by atoms with E-state index in [0.717, 1.165) is 113 Å². The summed E-state index contributed by atoms with van der Waals surface area (Å²) in [4.78, 5) is 12.3. The zero-order valence-corrected chi connectivity index (χ0v) is 51.3. The maximum atomic E-state index is 7.75. The van der Waals surface area contributed by atoms with Crippen LogP contribution in [0.4, 0.5) is 68.2 Å². The second kappa shape index (κ2) is 21.5. The van der Waals surface area contributed by atoms with Crippen LogP contribution in [0.3, 0.4) is 0 Å². The Morgan fingerprint density at radius 1 is 0.290 bits per heavy atom. The van der Waals surface area contributed by atoms with Crippen LogP contribution in [0.5, 0.6) is 11.5 Å². The number of benzene rings is 14. The zero-order valence-electron chi connectivity index (χ0n) is 50.5. The molecule has 5 heterocycles. The summed E-state index contributed by atoms with van der Waals surface area (Å²) in [6.45, 7) is -0.319. The summed E-state index contributed by atoms with van der Waals surface area (Å²) in [6.07, 6.45) is 0. The highest BCUT2D eigenvalue weighted by Gasteiger charge is 2.48. The summed E-state index contributed by atoms with van der Waals surface area (Å²) in [7, 11) is 0. The standard InChI is InChI=1S/C84H55B2N5OS/c1-7-28-56(29-8-1)87(57-30-9-2-10-31-57)62-50-76-82-77(51-62)91(73-47-24-20-41-65(73)67-43-27-42-66-64-40-19-23-46-72(64)90(84(66)67)61-38-17-6-18-39-61)75-55-78-71(54-70(75)85(82)68-44-21-25-48-74(68)89(76)60-36-15-5-16-37-60)86-69-45-22-26-49-80(69)93-81-53-63(52-79(92-78)83(81)86)88(58-32-11-3-12-33-58)59-34-13-4-14-35-59/h1-55H. The average Bonchev–Trinajstić information content (AvgIpc) is 1.20. The molecule has 4 aliphatic rings. The highest BCUT2D eigenvalue weighted by Crippen LogP contribution is 2.52. The van der Waals surface area contributed by atoms with Crippen LogP contribution in [0.25, 0.3) is 38.6 Å². The molecule has 0 saturated heterocycles. The minimum atomic E-state index is -0.198. The van der Waals surface area contributed by atoms with Crippen molar-refractivity contribution in [3.05, 3.63) is 334 Å². The van der Waals surface area contributed by atoms with E-state index in [4.69, 9.17) is 4.74 Å². The van der Waals surface area contributed by atoms with Gasteiger partial charge < -0.3 is 28.9 Å². The maximum absolute atomic E-state index is 7.75. The second-order valence-electron chi connectivity index (χ2n) is 24.3. The number of hydrogen-bond donors (Lipinski definition) is 0. The first-order valence-corrected chi connectivity index (χ1v) is 32.7. The molecule has 1 aromatic heterocycles. The Kier molecular flexibility index (Phi) is 12.3. The molecule has 0 saturated carbocycles. The van der Waals surface area contributed by atoms with Crippen molar-refractivity contribution in [1.82, 2.24) is 4.57 Å². The monoisotopic (exact) mass is 1200 g/mol. The smallest absolute Gasteiger partial charge is 0.253 e. The number of nitrogens with zero attached hydrogens (tertiary/aromatic N) is 5. The molecule has 0 N–H and O–H groups in total. The maximum Gasteiger partial charge on any atom is 0.253 e. The molecule has 93 heavy (non-hydrogen) atoms. The van der Waals surface area contributed by atoms with Gasteiger partial charge in [0, 0.05) is 101 Å². The lowest BCUT2D eigenvalue weighted by Crippen LogP contribution is -2.64. The SMILES string of the molecule is c1ccc(N(c2ccccc2)c2cc3c4c(c2)Sc2ccccc2B4c2cc4c(cc2O3)N(c2ccccc2-c2cccc3c5ccccc5n(-c5ccccc5)c23)c2cc(N(c3ccccc3)c3ccccc3)cc3c2B4c2ccccc2N3c2ccccc2)cc1. The van der Waals surface area contributed by atoms with Crippen LogP contribution in [0, 0.1) is 0 Å². The van der Waals surface area contributed by atoms with Gasteiger partial charge in [-0.3, -0.25) is 0 Å². The number of rotatable bonds is 10. The van der Waals surface area contributed by atoms with Gasteiger partial charge >= 0.3 is 0 Å². The van der Waals surface area contributed by atoms with E-state index in [1.165, 1.54) is 47.9 Å². The van der Waals surface area contributed by atoms with Crippen LogP contribution >= 0.6 is 11.8 Å². The lowest BCUT2D eigenvalue weighted by atomic mass is 9.31. The van der Waals surface area contributed by atoms with Crippen LogP contribution in [0.2, 0.25) is 0 Å². The molecule has 0 spiro atoms. The molecule has 0 unspecified atom stereocenters. The van der Waals surface area contributed by atoms with Gasteiger partial charge in [-0.1, -0.05) is 223 Å². The molecule has 0 radical (unpaired) electrons. The Morgan fingerprint density at radius 2 is 0.796 bits per heavy atom. The van der Waals surface area contributed by atoms with E-state index in [1.807, 2.05) is 11.8 Å². The Balaban J connectivity index is 0.923. The largest absolute Gasteiger partial charge is 0.458 e. The highest BCUT2D eigenvalue weighted by molar-refractivity contribution is 8.00. The summed E-state index contributed by atoms with van der Waals surface area (Å²) in [5, 5.41) is 2.40. The third-order valence-corrected chi connectivity index (χ3v) is 20.3. The zero-order chi connectivity index (χ0) is 61.1. The number of para-hydroxylation sites is 10. The van der Waals surface area contributed by atoms with Crippen LogP contribution in [-0.4, -0.2) is 18.0 Å². The number of aromatic nitrogens is 1. The van der Waals surface area contributed by atoms with Crippen molar-refractivity contribution in [2.75, 3.05) is 19.6 Å². The quantitative estimate of drug-likeness (QED) is 0.127. The van der Waals surface area contributed by atoms with Gasteiger partial charge in [-0.2, -0.15) is 0 Å². The van der Waals surface area contributed by atoms with Crippen LogP contribution < -0.4 is 57.1 Å². The van der Waals surface area contributed by atoms with Gasteiger partial charge in [-0.25, -0.2) is 0 Å². The van der Waals surface area contributed by atoms with Gasteiger partial charge in [0.15, 0.2) is 0 Å². The Labute approximate surface area is 545 Å². The predicted octanol–water partition coefficient (Wildman–Crippen LogP) is 18.6. The molecule has 15 aromatic rings. The van der Waals surface area contributed by atoms with E-state index in [1.54, 1.807) is 0 Å². The molecule has 0 bridgehead atoms. The number of hydrogen-bond acceptors (Lipinski definition) is 6. The van der Waals surface area contributed by atoms with Crippen molar-refractivity contribution in [3.63, 3.8) is 0 Å².